The van der Waals surface area contributed by atoms with Gasteiger partial charge in [0.2, 0.25) is 0 Å². The van der Waals surface area contributed by atoms with Crippen molar-refractivity contribution in [2.75, 3.05) is 5.32 Å². The Kier molecular flexibility index (Phi) is 4.98. The predicted molar refractivity (Wildman–Crippen MR) is 93.7 cm³/mol. The number of anilines is 1. The zero-order valence-electron chi connectivity index (χ0n) is 14.0. The van der Waals surface area contributed by atoms with Crippen molar-refractivity contribution in [1.29, 1.82) is 0 Å². The number of pyridine rings is 1. The van der Waals surface area contributed by atoms with Gasteiger partial charge >= 0.3 is 6.03 Å². The molecular weight excluding hydrogens is 318 g/mol. The highest BCUT2D eigenvalue weighted by atomic mass is 16.2. The molecule has 2 aromatic heterocycles. The second-order valence-corrected chi connectivity index (χ2v) is 5.72. The molecule has 0 fully saturated rings. The van der Waals surface area contributed by atoms with Gasteiger partial charge in [-0.3, -0.25) is 4.98 Å². The third kappa shape index (κ3) is 3.97. The number of urea groups is 1. The van der Waals surface area contributed by atoms with E-state index in [0.717, 1.165) is 11.3 Å². The van der Waals surface area contributed by atoms with Gasteiger partial charge in [0, 0.05) is 11.8 Å². The first kappa shape index (κ1) is 16.6. The molecule has 25 heavy (non-hydrogen) atoms. The molecule has 128 valence electrons. The lowest BCUT2D eigenvalue weighted by Crippen LogP contribution is -2.28. The average molecular weight is 337 g/mol. The molecule has 0 radical (unpaired) electrons. The topological polar surface area (TPSA) is 97.6 Å². The summed E-state index contributed by atoms with van der Waals surface area (Å²) in [5.41, 5.74) is 2.18. The Morgan fingerprint density at radius 2 is 1.96 bits per heavy atom. The fourth-order valence-corrected chi connectivity index (χ4v) is 2.35. The van der Waals surface area contributed by atoms with Crippen LogP contribution in [-0.2, 0) is 6.54 Å². The minimum atomic E-state index is -0.318. The first-order valence-corrected chi connectivity index (χ1v) is 7.97. The summed E-state index contributed by atoms with van der Waals surface area (Å²) in [6.07, 6.45) is 1.69. The van der Waals surface area contributed by atoms with E-state index in [4.69, 9.17) is 0 Å². The van der Waals surface area contributed by atoms with E-state index in [1.165, 1.54) is 0 Å². The van der Waals surface area contributed by atoms with Crippen LogP contribution in [0.5, 0.6) is 0 Å². The molecule has 0 saturated carbocycles. The van der Waals surface area contributed by atoms with Crippen molar-refractivity contribution in [2.24, 2.45) is 0 Å². The fourth-order valence-electron chi connectivity index (χ4n) is 2.35. The zero-order chi connectivity index (χ0) is 17.6. The molecule has 0 aliphatic carbocycles. The molecule has 8 nitrogen and oxygen atoms in total. The lowest BCUT2D eigenvalue weighted by Gasteiger charge is -2.13. The Morgan fingerprint density at radius 1 is 1.16 bits per heavy atom. The van der Waals surface area contributed by atoms with E-state index in [0.29, 0.717) is 18.1 Å². The van der Waals surface area contributed by atoms with Gasteiger partial charge in [0.1, 0.15) is 0 Å². The van der Waals surface area contributed by atoms with Crippen molar-refractivity contribution < 1.29 is 4.79 Å². The standard InChI is InChI=1S/C17H19N7O/c1-12(2)24-16(21-22-23-24)14-8-3-4-9-15(14)20-17(25)19-11-13-7-5-6-10-18-13/h3-10,12H,11H2,1-2H3,(H2,19,20,25). The van der Waals surface area contributed by atoms with Crippen molar-refractivity contribution >= 4 is 11.7 Å². The van der Waals surface area contributed by atoms with E-state index in [1.807, 2.05) is 56.3 Å². The maximum Gasteiger partial charge on any atom is 0.319 e. The lowest BCUT2D eigenvalue weighted by atomic mass is 10.1. The first-order valence-electron chi connectivity index (χ1n) is 7.97. The molecule has 2 N–H and O–H groups in total. The van der Waals surface area contributed by atoms with E-state index in [9.17, 15) is 4.79 Å². The molecular formula is C17H19N7O. The average Bonchev–Trinajstić information content (AvgIpc) is 3.11. The van der Waals surface area contributed by atoms with Crippen LogP contribution in [0.3, 0.4) is 0 Å². The van der Waals surface area contributed by atoms with E-state index >= 15 is 0 Å². The number of amides is 2. The largest absolute Gasteiger partial charge is 0.332 e. The summed E-state index contributed by atoms with van der Waals surface area (Å²) in [5, 5.41) is 17.5. The monoisotopic (exact) mass is 337 g/mol. The van der Waals surface area contributed by atoms with E-state index in [1.54, 1.807) is 10.9 Å². The predicted octanol–water partition coefficient (Wildman–Crippen LogP) is 2.64. The zero-order valence-corrected chi connectivity index (χ0v) is 14.0. The highest BCUT2D eigenvalue weighted by Crippen LogP contribution is 2.27. The van der Waals surface area contributed by atoms with Crippen LogP contribution in [0.15, 0.2) is 48.7 Å². The molecule has 2 amide bonds. The quantitative estimate of drug-likeness (QED) is 0.746. The molecule has 3 rings (SSSR count). The third-order valence-corrected chi connectivity index (χ3v) is 3.55. The number of tetrazole rings is 1. The maximum absolute atomic E-state index is 12.2. The van der Waals surface area contributed by atoms with Gasteiger partial charge in [0.25, 0.3) is 0 Å². The van der Waals surface area contributed by atoms with Crippen molar-refractivity contribution in [2.45, 2.75) is 26.4 Å². The fraction of sp³-hybridized carbons (Fsp3) is 0.235. The summed E-state index contributed by atoms with van der Waals surface area (Å²) in [4.78, 5) is 16.4. The van der Waals surface area contributed by atoms with Crippen LogP contribution < -0.4 is 10.6 Å². The van der Waals surface area contributed by atoms with Gasteiger partial charge in [-0.2, -0.15) is 0 Å². The first-order chi connectivity index (χ1) is 12.1. The van der Waals surface area contributed by atoms with Crippen LogP contribution in [0.2, 0.25) is 0 Å². The van der Waals surface area contributed by atoms with Gasteiger partial charge in [-0.25, -0.2) is 9.48 Å². The molecule has 0 spiro atoms. The number of aromatic nitrogens is 5. The van der Waals surface area contributed by atoms with Crippen LogP contribution in [-0.4, -0.2) is 31.2 Å². The Hall–Kier alpha value is -3.29. The summed E-state index contributed by atoms with van der Waals surface area (Å²) in [5.74, 6) is 0.607. The SMILES string of the molecule is CC(C)n1nnnc1-c1ccccc1NC(=O)NCc1ccccn1. The van der Waals surface area contributed by atoms with Crippen LogP contribution in [0, 0.1) is 0 Å². The van der Waals surface area contributed by atoms with Crippen LogP contribution >= 0.6 is 0 Å². The van der Waals surface area contributed by atoms with Gasteiger partial charge in [-0.05, 0) is 48.5 Å². The number of nitrogens with one attached hydrogen (secondary N) is 2. The van der Waals surface area contributed by atoms with Gasteiger partial charge in [0.05, 0.1) is 24.0 Å². The number of carbonyl (C=O) groups excluding carboxylic acids is 1. The molecule has 8 heteroatoms. The van der Waals surface area contributed by atoms with Gasteiger partial charge in [-0.15, -0.1) is 5.10 Å². The molecule has 0 unspecified atom stereocenters. The molecule has 0 bridgehead atoms. The second-order valence-electron chi connectivity index (χ2n) is 5.72. The van der Waals surface area contributed by atoms with Gasteiger partial charge in [-0.1, -0.05) is 18.2 Å². The Bertz CT molecular complexity index is 845. The molecule has 0 atom stereocenters. The highest BCUT2D eigenvalue weighted by molar-refractivity contribution is 5.93. The Morgan fingerprint density at radius 3 is 2.72 bits per heavy atom. The molecule has 0 aliphatic rings. The summed E-state index contributed by atoms with van der Waals surface area (Å²) in [6, 6.07) is 12.8. The Balaban J connectivity index is 1.75. The molecule has 0 aliphatic heterocycles. The maximum atomic E-state index is 12.2. The normalized spacial score (nSPS) is 10.7. The number of hydrogen-bond donors (Lipinski definition) is 2. The smallest absolute Gasteiger partial charge is 0.319 e. The number of carbonyl (C=O) groups is 1. The Labute approximate surface area is 145 Å². The minimum Gasteiger partial charge on any atom is -0.332 e. The highest BCUT2D eigenvalue weighted by Gasteiger charge is 2.16. The van der Waals surface area contributed by atoms with Crippen molar-refractivity contribution in [3.05, 3.63) is 54.4 Å². The number of rotatable bonds is 5. The van der Waals surface area contributed by atoms with Crippen molar-refractivity contribution in [1.82, 2.24) is 30.5 Å². The second kappa shape index (κ2) is 7.52. The number of hydrogen-bond acceptors (Lipinski definition) is 5. The molecule has 2 heterocycles. The molecule has 1 aromatic carbocycles. The number of nitrogens with zero attached hydrogens (tertiary/aromatic N) is 5. The number of para-hydroxylation sites is 1. The van der Waals surface area contributed by atoms with Crippen LogP contribution in [0.1, 0.15) is 25.6 Å². The van der Waals surface area contributed by atoms with Crippen molar-refractivity contribution in [3.63, 3.8) is 0 Å². The van der Waals surface area contributed by atoms with Crippen LogP contribution in [0.25, 0.3) is 11.4 Å². The summed E-state index contributed by atoms with van der Waals surface area (Å²) in [7, 11) is 0. The third-order valence-electron chi connectivity index (χ3n) is 3.55. The summed E-state index contributed by atoms with van der Waals surface area (Å²) in [6.45, 7) is 4.34. The summed E-state index contributed by atoms with van der Waals surface area (Å²) >= 11 is 0. The van der Waals surface area contributed by atoms with E-state index < -0.39 is 0 Å². The lowest BCUT2D eigenvalue weighted by molar-refractivity contribution is 0.251. The van der Waals surface area contributed by atoms with Crippen LogP contribution in [0.4, 0.5) is 10.5 Å². The van der Waals surface area contributed by atoms with E-state index in [-0.39, 0.29) is 12.1 Å². The minimum absolute atomic E-state index is 0.107. The van der Waals surface area contributed by atoms with E-state index in [2.05, 4.69) is 31.1 Å². The van der Waals surface area contributed by atoms with Gasteiger partial charge in [0.15, 0.2) is 5.82 Å². The molecule has 3 aromatic rings. The van der Waals surface area contributed by atoms with Gasteiger partial charge < -0.3 is 10.6 Å². The summed E-state index contributed by atoms with van der Waals surface area (Å²) < 4.78 is 1.71. The molecule has 0 saturated heterocycles. The number of benzene rings is 1. The van der Waals surface area contributed by atoms with Crippen molar-refractivity contribution in [3.8, 4) is 11.4 Å².